The van der Waals surface area contributed by atoms with Gasteiger partial charge >= 0.3 is 0 Å². The smallest absolute Gasteiger partial charge is 0.265 e. The molecule has 4 nitrogen and oxygen atoms in total. The van der Waals surface area contributed by atoms with Gasteiger partial charge in [0.1, 0.15) is 5.75 Å². The number of carbonyl (C=O) groups excluding carboxylic acids is 1. The lowest BCUT2D eigenvalue weighted by Crippen LogP contribution is -2.34. The lowest BCUT2D eigenvalue weighted by Gasteiger charge is -2.23. The van der Waals surface area contributed by atoms with Crippen LogP contribution in [-0.4, -0.2) is 18.1 Å². The first kappa shape index (κ1) is 10.6. The number of hydrogen-bond donors (Lipinski definition) is 2. The molecule has 0 aromatic heterocycles. The second-order valence-electron chi connectivity index (χ2n) is 4.74. The van der Waals surface area contributed by atoms with Crippen LogP contribution in [-0.2, 0) is 11.3 Å². The van der Waals surface area contributed by atoms with Crippen molar-refractivity contribution in [1.82, 2.24) is 5.32 Å². The molecule has 2 aliphatic rings. The number of amides is 1. The molecule has 4 heteroatoms. The van der Waals surface area contributed by atoms with Crippen molar-refractivity contribution in [2.24, 2.45) is 0 Å². The van der Waals surface area contributed by atoms with Gasteiger partial charge in [-0.1, -0.05) is 6.07 Å². The van der Waals surface area contributed by atoms with E-state index in [0.29, 0.717) is 6.04 Å². The van der Waals surface area contributed by atoms with Crippen molar-refractivity contribution >= 4 is 11.6 Å². The predicted molar refractivity (Wildman–Crippen MR) is 65.0 cm³/mol. The highest BCUT2D eigenvalue weighted by Crippen LogP contribution is 2.30. The maximum absolute atomic E-state index is 11.5. The monoisotopic (exact) mass is 232 g/mol. The zero-order valence-electron chi connectivity index (χ0n) is 9.82. The van der Waals surface area contributed by atoms with Gasteiger partial charge in [0.15, 0.2) is 6.10 Å². The lowest BCUT2D eigenvalue weighted by atomic mass is 10.1. The summed E-state index contributed by atoms with van der Waals surface area (Å²) < 4.78 is 5.50. The van der Waals surface area contributed by atoms with Crippen molar-refractivity contribution < 1.29 is 9.53 Å². The SMILES string of the molecule is CC1Oc2ccc(CNC3CC3)cc2NC1=O. The van der Waals surface area contributed by atoms with E-state index in [-0.39, 0.29) is 5.91 Å². The first-order valence-corrected chi connectivity index (χ1v) is 6.06. The van der Waals surface area contributed by atoms with E-state index in [1.54, 1.807) is 6.92 Å². The van der Waals surface area contributed by atoms with Gasteiger partial charge in [-0.15, -0.1) is 0 Å². The van der Waals surface area contributed by atoms with Crippen LogP contribution < -0.4 is 15.4 Å². The number of carbonyl (C=O) groups is 1. The highest BCUT2D eigenvalue weighted by Gasteiger charge is 2.24. The van der Waals surface area contributed by atoms with E-state index in [0.717, 1.165) is 18.0 Å². The van der Waals surface area contributed by atoms with Gasteiger partial charge in [-0.05, 0) is 37.5 Å². The van der Waals surface area contributed by atoms with Gasteiger partial charge in [0.05, 0.1) is 5.69 Å². The van der Waals surface area contributed by atoms with Crippen molar-refractivity contribution in [2.75, 3.05) is 5.32 Å². The summed E-state index contributed by atoms with van der Waals surface area (Å²) in [4.78, 5) is 11.5. The molecule has 1 fully saturated rings. The quantitative estimate of drug-likeness (QED) is 0.833. The molecule has 0 bridgehead atoms. The highest BCUT2D eigenvalue weighted by atomic mass is 16.5. The van der Waals surface area contributed by atoms with Crippen LogP contribution in [0.15, 0.2) is 18.2 Å². The normalized spacial score (nSPS) is 22.6. The molecule has 90 valence electrons. The van der Waals surface area contributed by atoms with Crippen LogP contribution in [0.3, 0.4) is 0 Å². The number of benzene rings is 1. The summed E-state index contributed by atoms with van der Waals surface area (Å²) in [5.74, 6) is 0.678. The van der Waals surface area contributed by atoms with E-state index < -0.39 is 6.10 Å². The highest BCUT2D eigenvalue weighted by molar-refractivity contribution is 5.97. The first-order chi connectivity index (χ1) is 8.22. The minimum absolute atomic E-state index is 0.0789. The molecule has 0 radical (unpaired) electrons. The molecule has 1 aromatic carbocycles. The Morgan fingerprint density at radius 2 is 2.29 bits per heavy atom. The van der Waals surface area contributed by atoms with Crippen LogP contribution in [0, 0.1) is 0 Å². The zero-order valence-corrected chi connectivity index (χ0v) is 9.82. The fourth-order valence-corrected chi connectivity index (χ4v) is 1.92. The van der Waals surface area contributed by atoms with E-state index in [1.807, 2.05) is 18.2 Å². The molecule has 0 spiro atoms. The van der Waals surface area contributed by atoms with Crippen molar-refractivity contribution in [3.05, 3.63) is 23.8 Å². The third kappa shape index (κ3) is 2.26. The summed E-state index contributed by atoms with van der Waals surface area (Å²) in [7, 11) is 0. The largest absolute Gasteiger partial charge is 0.479 e. The Hall–Kier alpha value is -1.55. The number of fused-ring (bicyclic) bond motifs is 1. The maximum Gasteiger partial charge on any atom is 0.265 e. The minimum Gasteiger partial charge on any atom is -0.479 e. The predicted octanol–water partition coefficient (Wildman–Crippen LogP) is 1.66. The molecule has 1 heterocycles. The summed E-state index contributed by atoms with van der Waals surface area (Å²) in [5.41, 5.74) is 1.96. The van der Waals surface area contributed by atoms with Crippen LogP contribution >= 0.6 is 0 Å². The van der Waals surface area contributed by atoms with Gasteiger partial charge in [-0.2, -0.15) is 0 Å². The molecular weight excluding hydrogens is 216 g/mol. The number of rotatable bonds is 3. The fraction of sp³-hybridized carbons (Fsp3) is 0.462. The molecule has 1 aromatic rings. The van der Waals surface area contributed by atoms with Crippen LogP contribution in [0.25, 0.3) is 0 Å². The molecule has 0 saturated heterocycles. The molecule has 1 atom stereocenters. The third-order valence-electron chi connectivity index (χ3n) is 3.15. The van der Waals surface area contributed by atoms with E-state index in [2.05, 4.69) is 10.6 Å². The first-order valence-electron chi connectivity index (χ1n) is 6.06. The summed E-state index contributed by atoms with van der Waals surface area (Å²) in [6, 6.07) is 6.64. The molecule has 1 saturated carbocycles. The van der Waals surface area contributed by atoms with Gasteiger partial charge in [-0.3, -0.25) is 4.79 Å². The molecule has 1 unspecified atom stereocenters. The fourth-order valence-electron chi connectivity index (χ4n) is 1.92. The second-order valence-corrected chi connectivity index (χ2v) is 4.74. The molecule has 1 aliphatic carbocycles. The van der Waals surface area contributed by atoms with Crippen molar-refractivity contribution in [2.45, 2.75) is 38.5 Å². The standard InChI is InChI=1S/C13H16N2O2/c1-8-13(16)15-11-6-9(2-5-12(11)17-8)7-14-10-3-4-10/h2,5-6,8,10,14H,3-4,7H2,1H3,(H,15,16). The van der Waals surface area contributed by atoms with Crippen LogP contribution in [0.1, 0.15) is 25.3 Å². The zero-order chi connectivity index (χ0) is 11.8. The Labute approximate surface area is 100 Å². The van der Waals surface area contributed by atoms with E-state index in [9.17, 15) is 4.79 Å². The molecule has 2 N–H and O–H groups in total. The Kier molecular flexibility index (Phi) is 2.52. The Morgan fingerprint density at radius 1 is 1.47 bits per heavy atom. The minimum atomic E-state index is -0.405. The third-order valence-corrected chi connectivity index (χ3v) is 3.15. The number of ether oxygens (including phenoxy) is 1. The summed E-state index contributed by atoms with van der Waals surface area (Å²) in [6.07, 6.45) is 2.16. The summed E-state index contributed by atoms with van der Waals surface area (Å²) >= 11 is 0. The van der Waals surface area contributed by atoms with E-state index in [1.165, 1.54) is 18.4 Å². The number of anilines is 1. The average molecular weight is 232 g/mol. The van der Waals surface area contributed by atoms with Gasteiger partial charge in [0.2, 0.25) is 0 Å². The van der Waals surface area contributed by atoms with Crippen LogP contribution in [0.4, 0.5) is 5.69 Å². The molecule has 3 rings (SSSR count). The lowest BCUT2D eigenvalue weighted by molar-refractivity contribution is -0.122. The topological polar surface area (TPSA) is 50.4 Å². The van der Waals surface area contributed by atoms with Gasteiger partial charge in [0, 0.05) is 12.6 Å². The second kappa shape index (κ2) is 4.04. The summed E-state index contributed by atoms with van der Waals surface area (Å²) in [6.45, 7) is 2.60. The molecule has 17 heavy (non-hydrogen) atoms. The molecular formula is C13H16N2O2. The van der Waals surface area contributed by atoms with Gasteiger partial charge in [0.25, 0.3) is 5.91 Å². The Balaban J connectivity index is 1.75. The number of hydrogen-bond acceptors (Lipinski definition) is 3. The van der Waals surface area contributed by atoms with Crippen molar-refractivity contribution in [3.63, 3.8) is 0 Å². The van der Waals surface area contributed by atoms with Crippen molar-refractivity contribution in [3.8, 4) is 5.75 Å². The van der Waals surface area contributed by atoms with E-state index >= 15 is 0 Å². The Morgan fingerprint density at radius 3 is 3.06 bits per heavy atom. The maximum atomic E-state index is 11.5. The van der Waals surface area contributed by atoms with Crippen LogP contribution in [0.5, 0.6) is 5.75 Å². The summed E-state index contributed by atoms with van der Waals surface area (Å²) in [5, 5.41) is 6.31. The van der Waals surface area contributed by atoms with E-state index in [4.69, 9.17) is 4.74 Å². The Bertz CT molecular complexity index is 455. The average Bonchev–Trinajstić information content (AvgIpc) is 3.12. The van der Waals surface area contributed by atoms with Gasteiger partial charge in [-0.25, -0.2) is 0 Å². The molecule has 1 amide bonds. The number of nitrogens with one attached hydrogen (secondary N) is 2. The van der Waals surface area contributed by atoms with Gasteiger partial charge < -0.3 is 15.4 Å². The van der Waals surface area contributed by atoms with Crippen LogP contribution in [0.2, 0.25) is 0 Å². The van der Waals surface area contributed by atoms with Crippen molar-refractivity contribution in [1.29, 1.82) is 0 Å². The molecule has 1 aliphatic heterocycles.